The van der Waals surface area contributed by atoms with Crippen LogP contribution in [0.25, 0.3) is 172 Å². The van der Waals surface area contributed by atoms with E-state index >= 15 is 0 Å². The summed E-state index contributed by atoms with van der Waals surface area (Å²) < 4.78 is 23.1. The van der Waals surface area contributed by atoms with Crippen LogP contribution in [0.5, 0.6) is 0 Å². The molecular weight excluding hydrogens is 1540 g/mol. The summed E-state index contributed by atoms with van der Waals surface area (Å²) in [5.74, 6) is 0. The summed E-state index contributed by atoms with van der Waals surface area (Å²) in [4.78, 5) is 10.8. The lowest BCUT2D eigenvalue weighted by molar-refractivity contribution is -0.660. The molecule has 0 bridgehead atoms. The average molecular weight is 1620 g/mol. The lowest BCUT2D eigenvalue weighted by Gasteiger charge is -2.07. The van der Waals surface area contributed by atoms with Crippen LogP contribution < -0.4 is 22.8 Å². The van der Waals surface area contributed by atoms with Crippen LogP contribution >= 0.6 is 56.7 Å². The second-order valence-corrected chi connectivity index (χ2v) is 35.3. The highest BCUT2D eigenvalue weighted by atomic mass is 32.1. The number of nitriles is 2. The molecule has 0 atom stereocenters. The smallest absolute Gasteiger partial charge is 0.213 e. The molecular formula is C103H81N10S5+5. The number of hydrogen-bond donors (Lipinski definition) is 0. The van der Waals surface area contributed by atoms with Gasteiger partial charge in [-0.1, -0.05) is 115 Å². The number of aryl methyl sites for hydroxylation is 13. The van der Waals surface area contributed by atoms with E-state index in [0.717, 1.165) is 37.9 Å². The Labute approximate surface area is 706 Å². The molecule has 0 radical (unpaired) electrons. The Hall–Kier alpha value is -13.5. The first-order valence-electron chi connectivity index (χ1n) is 38.7. The minimum atomic E-state index is 0.699. The van der Waals surface area contributed by atoms with E-state index in [1.54, 1.807) is 45.3 Å². The summed E-state index contributed by atoms with van der Waals surface area (Å²) in [7, 11) is 10.4. The molecule has 20 aromatic rings. The van der Waals surface area contributed by atoms with Crippen LogP contribution in [0.3, 0.4) is 0 Å². The molecule has 0 aliphatic rings. The van der Waals surface area contributed by atoms with Crippen LogP contribution in [-0.2, 0) is 35.2 Å². The number of rotatable bonds is 5. The summed E-state index contributed by atoms with van der Waals surface area (Å²) in [6, 6.07) is 82.1. The Balaban J connectivity index is 0.000000110. The second kappa shape index (κ2) is 32.6. The van der Waals surface area contributed by atoms with Crippen molar-refractivity contribution in [3.8, 4) is 68.4 Å². The first kappa shape index (κ1) is 78.4. The van der Waals surface area contributed by atoms with Gasteiger partial charge >= 0.3 is 0 Å². The summed E-state index contributed by atoms with van der Waals surface area (Å²) >= 11 is 8.87. The number of fused-ring (bicyclic) bond motifs is 15. The lowest BCUT2D eigenvalue weighted by atomic mass is 9.97. The minimum absolute atomic E-state index is 0.699. The molecule has 0 N–H and O–H groups in total. The van der Waals surface area contributed by atoms with Crippen molar-refractivity contribution < 1.29 is 22.8 Å². The van der Waals surface area contributed by atoms with Crippen LogP contribution in [0.15, 0.2) is 255 Å². The van der Waals surface area contributed by atoms with Gasteiger partial charge in [0, 0.05) is 128 Å². The van der Waals surface area contributed by atoms with Crippen molar-refractivity contribution in [3.05, 3.63) is 345 Å². The van der Waals surface area contributed by atoms with E-state index in [1.807, 2.05) is 84.1 Å². The molecule has 10 aromatic carbocycles. The van der Waals surface area contributed by atoms with Gasteiger partial charge in [0.2, 0.25) is 34.2 Å². The van der Waals surface area contributed by atoms with Crippen molar-refractivity contribution in [2.24, 2.45) is 35.2 Å². The van der Waals surface area contributed by atoms with Crippen molar-refractivity contribution in [3.63, 3.8) is 0 Å². The molecule has 0 spiro atoms. The Bertz CT molecular complexity index is 7690. The van der Waals surface area contributed by atoms with E-state index in [-0.39, 0.29) is 0 Å². The topological polar surface area (TPSA) is 80.1 Å². The standard InChI is InChI=1S/3C21H17N2S.2C20H15N2S/c1-13-5-10-18(23(4)12-13)20-14(2)6-8-17-16-9-7-15(22-3)11-19(16)24-21(17)20;1-13-8-11-18(23(4)12-13)19-14(2)9-10-16-15-6-5-7-17(22-3)20(15)24-21(16)19;1-13-7-10-17(23(3)12-13)19-14(2)8-9-16-20-15(11-22)5-4-6-18(20)24-21(16)19;1-13-7-9-15-16-12-14(21-2)8-10-18(16)23-20(15)19(13)17-6-4-5-11-22(17)3;1-13-11-14(12-21)19-15-7-3-4-9-17(15)23-20(19)18(13)16-8-5-6-10-22(16)2/h2*5-12H,1-2,4H3;4-10,12H,1-3H3;4-12H,1,3H3;3-11H,1-2H3/q5*+1. The normalized spacial score (nSPS) is 11.1. The fourth-order valence-corrected chi connectivity index (χ4v) is 23.1. The Morgan fingerprint density at radius 3 is 1.22 bits per heavy atom. The van der Waals surface area contributed by atoms with Gasteiger partial charge in [0.25, 0.3) is 0 Å². The average Bonchev–Trinajstić information content (AvgIpc) is 1.61. The summed E-state index contributed by atoms with van der Waals surface area (Å²) in [5.41, 5.74) is 26.0. The third-order valence-electron chi connectivity index (χ3n) is 22.1. The molecule has 0 fully saturated rings. The molecule has 0 amide bonds. The van der Waals surface area contributed by atoms with Gasteiger partial charge in [-0.05, 0) is 177 Å². The van der Waals surface area contributed by atoms with E-state index in [9.17, 15) is 10.5 Å². The van der Waals surface area contributed by atoms with Crippen LogP contribution in [-0.4, -0.2) is 0 Å². The monoisotopic (exact) mass is 1620 g/mol. The maximum Gasteiger partial charge on any atom is 0.213 e. The summed E-state index contributed by atoms with van der Waals surface area (Å²) in [6.45, 7) is 39.0. The molecule has 0 aliphatic carbocycles. The fraction of sp³-hybridized carbons (Fsp3) is 0.126. The lowest BCUT2D eigenvalue weighted by Crippen LogP contribution is -2.31. The molecule has 10 nitrogen and oxygen atoms in total. The Morgan fingerprint density at radius 1 is 0.280 bits per heavy atom. The van der Waals surface area contributed by atoms with Gasteiger partial charge in [0.05, 0.1) is 75.5 Å². The third kappa shape index (κ3) is 14.4. The predicted octanol–water partition coefficient (Wildman–Crippen LogP) is 26.6. The number of aromatic nitrogens is 5. The zero-order chi connectivity index (χ0) is 82.5. The SMILES string of the molecule is Cc1cc(C#N)c2c(sc3ccccc32)c1-c1cccc[n+]1C.Cc1ccc(-c2c(C)ccc3c2sc2cccc(C#N)c23)[n+](C)c1.[C-]#[N+]c1ccc2c(c1)sc1c(-c3ccc(C)c[n+]3C)c(C)ccc12.[C-]#[N+]c1ccc2sc3c(-c4cccc[n+]4C)c(C)ccc3c2c1.[C-]#[N+]c1cccc2c1sc1c(-c3ccc(C)c[n+]3C)c(C)ccc12. The molecule has 10 heterocycles. The zero-order valence-electron chi connectivity index (χ0n) is 67.8. The van der Waals surface area contributed by atoms with Crippen molar-refractivity contribution in [2.75, 3.05) is 0 Å². The second-order valence-electron chi connectivity index (χ2n) is 30.1. The number of nitrogens with zero attached hydrogens (tertiary/aromatic N) is 10. The molecule has 10 aromatic heterocycles. The highest BCUT2D eigenvalue weighted by Crippen LogP contribution is 2.49. The number of pyridine rings is 5. The van der Waals surface area contributed by atoms with Crippen molar-refractivity contribution >= 4 is 175 Å². The van der Waals surface area contributed by atoms with E-state index in [4.69, 9.17) is 19.7 Å². The molecule has 20 rings (SSSR count). The predicted molar refractivity (Wildman–Crippen MR) is 496 cm³/mol. The number of hydrogen-bond acceptors (Lipinski definition) is 7. The van der Waals surface area contributed by atoms with Crippen molar-refractivity contribution in [1.29, 1.82) is 10.5 Å². The maximum atomic E-state index is 9.60. The van der Waals surface area contributed by atoms with Crippen LogP contribution in [0.1, 0.15) is 55.6 Å². The molecule has 568 valence electrons. The van der Waals surface area contributed by atoms with E-state index < -0.39 is 0 Å². The highest BCUT2D eigenvalue weighted by molar-refractivity contribution is 7.28. The molecule has 15 heteroatoms. The maximum absolute atomic E-state index is 9.60. The fourth-order valence-electron chi connectivity index (χ4n) is 16.4. The number of thiophene rings is 5. The molecule has 0 unspecified atom stereocenters. The third-order valence-corrected chi connectivity index (χ3v) is 28.1. The van der Waals surface area contributed by atoms with Gasteiger partial charge in [-0.2, -0.15) is 10.5 Å². The van der Waals surface area contributed by atoms with Gasteiger partial charge in [-0.25, -0.2) is 37.4 Å². The molecule has 118 heavy (non-hydrogen) atoms. The first-order chi connectivity index (χ1) is 57.2. The quantitative estimate of drug-likeness (QED) is 0.127. The molecule has 0 saturated heterocycles. The van der Waals surface area contributed by atoms with Crippen LogP contribution in [0.4, 0.5) is 17.1 Å². The van der Waals surface area contributed by atoms with Gasteiger partial charge in [0.1, 0.15) is 35.2 Å². The largest absolute Gasteiger partial charge is 0.238 e. The first-order valence-corrected chi connectivity index (χ1v) is 42.7. The Morgan fingerprint density at radius 2 is 0.686 bits per heavy atom. The van der Waals surface area contributed by atoms with Gasteiger partial charge in [-0.15, -0.1) is 56.7 Å². The molecule has 0 saturated carbocycles. The highest BCUT2D eigenvalue weighted by Gasteiger charge is 2.27. The number of benzene rings is 10. The van der Waals surface area contributed by atoms with E-state index in [1.165, 1.54) is 181 Å². The zero-order valence-corrected chi connectivity index (χ0v) is 71.8. The Kier molecular flexibility index (Phi) is 21.7. The van der Waals surface area contributed by atoms with Gasteiger partial charge in [-0.3, -0.25) is 0 Å². The summed E-state index contributed by atoms with van der Waals surface area (Å²) in [5, 5.41) is 30.9. The minimum Gasteiger partial charge on any atom is -0.238 e. The van der Waals surface area contributed by atoms with Gasteiger partial charge < -0.3 is 0 Å². The molecule has 0 aliphatic heterocycles. The summed E-state index contributed by atoms with van der Waals surface area (Å²) in [6.07, 6.45) is 10.6. The van der Waals surface area contributed by atoms with E-state index in [0.29, 0.717) is 11.4 Å². The van der Waals surface area contributed by atoms with Crippen LogP contribution in [0.2, 0.25) is 0 Å². The van der Waals surface area contributed by atoms with Crippen molar-refractivity contribution in [1.82, 2.24) is 0 Å². The van der Waals surface area contributed by atoms with Gasteiger partial charge in [0.15, 0.2) is 42.4 Å². The van der Waals surface area contributed by atoms with Crippen molar-refractivity contribution in [2.45, 2.75) is 55.4 Å². The van der Waals surface area contributed by atoms with Crippen LogP contribution in [0, 0.1) is 97.8 Å². The van der Waals surface area contributed by atoms with E-state index in [2.05, 4.69) is 323 Å².